The molecular formula is C14H16FNO4. The number of rotatable bonds is 2. The lowest BCUT2D eigenvalue weighted by molar-refractivity contribution is 0.0600. The summed E-state index contributed by atoms with van der Waals surface area (Å²) in [5.74, 6) is -0.772. The van der Waals surface area contributed by atoms with Crippen molar-refractivity contribution in [2.45, 2.75) is 18.5 Å². The van der Waals surface area contributed by atoms with Gasteiger partial charge in [0, 0.05) is 12.5 Å². The summed E-state index contributed by atoms with van der Waals surface area (Å²) in [5, 5.41) is 8.85. The molecule has 1 heterocycles. The molecule has 1 fully saturated rings. The molecule has 0 bridgehead atoms. The third-order valence-electron chi connectivity index (χ3n) is 3.57. The van der Waals surface area contributed by atoms with Gasteiger partial charge in [0.2, 0.25) is 0 Å². The second kappa shape index (κ2) is 5.90. The van der Waals surface area contributed by atoms with Gasteiger partial charge in [0.15, 0.2) is 0 Å². The Kier molecular flexibility index (Phi) is 4.22. The van der Waals surface area contributed by atoms with Gasteiger partial charge < -0.3 is 14.7 Å². The highest BCUT2D eigenvalue weighted by molar-refractivity contribution is 5.89. The summed E-state index contributed by atoms with van der Waals surface area (Å²) < 4.78 is 18.7. The zero-order valence-corrected chi connectivity index (χ0v) is 11.1. The minimum atomic E-state index is -1.23. The number of piperidine rings is 1. The number of carbonyl (C=O) groups excluding carboxylic acids is 1. The fourth-order valence-corrected chi connectivity index (χ4v) is 2.44. The highest BCUT2D eigenvalue weighted by Gasteiger charge is 2.32. The number of carboxylic acid groups (broad SMARTS) is 1. The molecule has 20 heavy (non-hydrogen) atoms. The van der Waals surface area contributed by atoms with Crippen molar-refractivity contribution in [1.82, 2.24) is 4.90 Å². The number of methoxy groups -OCH3 is 1. The maximum atomic E-state index is 14.1. The lowest BCUT2D eigenvalue weighted by Crippen LogP contribution is -2.43. The Morgan fingerprint density at radius 2 is 2.00 bits per heavy atom. The minimum Gasteiger partial charge on any atom is -0.465 e. The molecule has 0 aromatic heterocycles. The molecule has 1 aliphatic heterocycles. The molecule has 0 spiro atoms. The smallest absolute Gasteiger partial charge is 0.407 e. The van der Waals surface area contributed by atoms with Crippen LogP contribution in [0.4, 0.5) is 9.18 Å². The van der Waals surface area contributed by atoms with Crippen LogP contribution in [0.1, 0.15) is 28.3 Å². The third-order valence-corrected chi connectivity index (χ3v) is 3.57. The van der Waals surface area contributed by atoms with Crippen LogP contribution in [0, 0.1) is 0 Å². The van der Waals surface area contributed by atoms with Crippen LogP contribution in [-0.2, 0) is 4.74 Å². The van der Waals surface area contributed by atoms with Crippen LogP contribution in [-0.4, -0.2) is 48.4 Å². The van der Waals surface area contributed by atoms with Crippen molar-refractivity contribution in [3.05, 3.63) is 35.4 Å². The molecule has 1 N–H and O–H groups in total. The molecule has 108 valence electrons. The molecule has 0 saturated carbocycles. The Labute approximate surface area is 116 Å². The Morgan fingerprint density at radius 3 is 2.50 bits per heavy atom. The molecule has 0 unspecified atom stereocenters. The van der Waals surface area contributed by atoms with E-state index in [-0.39, 0.29) is 12.5 Å². The van der Waals surface area contributed by atoms with Crippen molar-refractivity contribution in [2.75, 3.05) is 20.2 Å². The summed E-state index contributed by atoms with van der Waals surface area (Å²) >= 11 is 0. The van der Waals surface area contributed by atoms with Crippen molar-refractivity contribution >= 4 is 12.1 Å². The number of amides is 1. The standard InChI is InChI=1S/C14H16FNO4/c1-20-13(17)10-4-2-9(3-5-10)11-6-7-16(14(18)19)8-12(11)15/h2-5,11-12H,6-8H2,1H3,(H,18,19)/t11-,12-/m1/s1. The molecule has 5 nitrogen and oxygen atoms in total. The average Bonchev–Trinajstić information content (AvgIpc) is 2.46. The van der Waals surface area contributed by atoms with Gasteiger partial charge in [-0.1, -0.05) is 12.1 Å². The quantitative estimate of drug-likeness (QED) is 0.844. The molecule has 0 aliphatic carbocycles. The van der Waals surface area contributed by atoms with Crippen molar-refractivity contribution in [2.24, 2.45) is 0 Å². The molecule has 1 amide bonds. The highest BCUT2D eigenvalue weighted by atomic mass is 19.1. The van der Waals surface area contributed by atoms with Gasteiger partial charge in [-0.2, -0.15) is 0 Å². The Balaban J connectivity index is 2.09. The van der Waals surface area contributed by atoms with E-state index in [1.165, 1.54) is 7.11 Å². The van der Waals surface area contributed by atoms with Crippen molar-refractivity contribution in [3.63, 3.8) is 0 Å². The predicted molar refractivity (Wildman–Crippen MR) is 69.6 cm³/mol. The van der Waals surface area contributed by atoms with E-state index in [9.17, 15) is 14.0 Å². The first-order valence-corrected chi connectivity index (χ1v) is 6.33. The molecular weight excluding hydrogens is 265 g/mol. The first-order chi connectivity index (χ1) is 9.52. The summed E-state index contributed by atoms with van der Waals surface area (Å²) in [6.07, 6.45) is -1.89. The van der Waals surface area contributed by atoms with Crippen LogP contribution < -0.4 is 0 Å². The lowest BCUT2D eigenvalue weighted by Gasteiger charge is -2.33. The maximum absolute atomic E-state index is 14.1. The fourth-order valence-electron chi connectivity index (χ4n) is 2.44. The average molecular weight is 281 g/mol. The van der Waals surface area contributed by atoms with E-state index in [0.29, 0.717) is 18.5 Å². The van der Waals surface area contributed by atoms with Crippen molar-refractivity contribution in [1.29, 1.82) is 0 Å². The zero-order chi connectivity index (χ0) is 14.7. The number of ether oxygens (including phenoxy) is 1. The monoisotopic (exact) mass is 281 g/mol. The Morgan fingerprint density at radius 1 is 1.35 bits per heavy atom. The molecule has 1 saturated heterocycles. The van der Waals surface area contributed by atoms with E-state index < -0.39 is 18.2 Å². The molecule has 1 aromatic rings. The summed E-state index contributed by atoms with van der Waals surface area (Å²) in [5.41, 5.74) is 1.19. The molecule has 2 atom stereocenters. The van der Waals surface area contributed by atoms with Crippen molar-refractivity contribution in [3.8, 4) is 0 Å². The topological polar surface area (TPSA) is 66.8 Å². The maximum Gasteiger partial charge on any atom is 0.407 e. The van der Waals surface area contributed by atoms with E-state index in [2.05, 4.69) is 4.74 Å². The van der Waals surface area contributed by atoms with Crippen LogP contribution in [0.3, 0.4) is 0 Å². The molecule has 0 radical (unpaired) electrons. The first kappa shape index (κ1) is 14.3. The number of hydrogen-bond donors (Lipinski definition) is 1. The molecule has 6 heteroatoms. The number of halogens is 1. The van der Waals surface area contributed by atoms with Gasteiger partial charge in [-0.15, -0.1) is 0 Å². The number of likely N-dealkylation sites (tertiary alicyclic amines) is 1. The highest BCUT2D eigenvalue weighted by Crippen LogP contribution is 2.30. The van der Waals surface area contributed by atoms with E-state index in [1.807, 2.05) is 0 Å². The minimum absolute atomic E-state index is 0.112. The van der Waals surface area contributed by atoms with E-state index in [4.69, 9.17) is 5.11 Å². The second-order valence-corrected chi connectivity index (χ2v) is 4.75. The normalized spacial score (nSPS) is 22.4. The second-order valence-electron chi connectivity index (χ2n) is 4.75. The number of esters is 1. The summed E-state index contributed by atoms with van der Waals surface area (Å²) in [6.45, 7) is 0.206. The molecule has 1 aromatic carbocycles. The number of hydrogen-bond acceptors (Lipinski definition) is 3. The van der Waals surface area contributed by atoms with Gasteiger partial charge in [0.05, 0.1) is 19.2 Å². The largest absolute Gasteiger partial charge is 0.465 e. The van der Waals surface area contributed by atoms with Crippen LogP contribution in [0.2, 0.25) is 0 Å². The molecule has 1 aliphatic rings. The van der Waals surface area contributed by atoms with Gasteiger partial charge in [-0.25, -0.2) is 14.0 Å². The Bertz CT molecular complexity index is 502. The number of nitrogens with zero attached hydrogens (tertiary/aromatic N) is 1. The summed E-state index contributed by atoms with van der Waals surface area (Å²) in [6, 6.07) is 6.58. The SMILES string of the molecule is COC(=O)c1ccc([C@H]2CCN(C(=O)O)C[C@H]2F)cc1. The van der Waals surface area contributed by atoms with Gasteiger partial charge in [0.25, 0.3) is 0 Å². The van der Waals surface area contributed by atoms with Crippen LogP contribution in [0.5, 0.6) is 0 Å². The Hall–Kier alpha value is -2.11. The fraction of sp³-hybridized carbons (Fsp3) is 0.429. The van der Waals surface area contributed by atoms with Gasteiger partial charge in [-0.05, 0) is 24.1 Å². The zero-order valence-electron chi connectivity index (χ0n) is 11.1. The van der Waals surface area contributed by atoms with Gasteiger partial charge in [-0.3, -0.25) is 0 Å². The molecule has 2 rings (SSSR count). The van der Waals surface area contributed by atoms with Crippen molar-refractivity contribution < 1.29 is 23.8 Å². The van der Waals surface area contributed by atoms with E-state index >= 15 is 0 Å². The predicted octanol–water partition coefficient (Wildman–Crippen LogP) is 2.28. The summed E-state index contributed by atoms with van der Waals surface area (Å²) in [4.78, 5) is 23.2. The lowest BCUT2D eigenvalue weighted by atomic mass is 9.87. The third kappa shape index (κ3) is 2.89. The summed E-state index contributed by atoms with van der Waals surface area (Å²) in [7, 11) is 1.30. The van der Waals surface area contributed by atoms with Crippen LogP contribution in [0.15, 0.2) is 24.3 Å². The number of benzene rings is 1. The first-order valence-electron chi connectivity index (χ1n) is 6.33. The van der Waals surface area contributed by atoms with E-state index in [1.54, 1.807) is 24.3 Å². The van der Waals surface area contributed by atoms with Crippen LogP contribution >= 0.6 is 0 Å². The number of alkyl halides is 1. The number of carbonyl (C=O) groups is 2. The van der Waals surface area contributed by atoms with Gasteiger partial charge >= 0.3 is 12.1 Å². The van der Waals surface area contributed by atoms with Crippen LogP contribution in [0.25, 0.3) is 0 Å². The van der Waals surface area contributed by atoms with Gasteiger partial charge in [0.1, 0.15) is 6.17 Å². The van der Waals surface area contributed by atoms with E-state index in [0.717, 1.165) is 10.5 Å².